The third-order valence-corrected chi connectivity index (χ3v) is 5.65. The van der Waals surface area contributed by atoms with E-state index in [1.807, 2.05) is 30.3 Å². The first-order valence-electron chi connectivity index (χ1n) is 8.06. The lowest BCUT2D eigenvalue weighted by Gasteiger charge is -2.32. The van der Waals surface area contributed by atoms with Crippen LogP contribution in [0.25, 0.3) is 0 Å². The van der Waals surface area contributed by atoms with Crippen LogP contribution in [-0.2, 0) is 10.0 Å². The largest absolute Gasteiger partial charge is 0.335 e. The van der Waals surface area contributed by atoms with Gasteiger partial charge in [0.15, 0.2) is 0 Å². The quantitative estimate of drug-likeness (QED) is 0.777. The maximum atomic E-state index is 12.6. The number of carbonyl (C=O) groups excluding carboxylic acids is 1. The lowest BCUT2D eigenvalue weighted by Crippen LogP contribution is -2.50. The third kappa shape index (κ3) is 5.36. The number of benzene rings is 1. The lowest BCUT2D eigenvalue weighted by molar-refractivity contribution is 0.233. The highest BCUT2D eigenvalue weighted by Crippen LogP contribution is 2.17. The second-order valence-corrected chi connectivity index (χ2v) is 8.28. The van der Waals surface area contributed by atoms with E-state index in [1.165, 1.54) is 10.6 Å². The Morgan fingerprint density at radius 3 is 2.46 bits per heavy atom. The number of hydrogen-bond donors (Lipinski definition) is 1. The van der Waals surface area contributed by atoms with Crippen LogP contribution in [-0.4, -0.2) is 56.6 Å². The van der Waals surface area contributed by atoms with Crippen molar-refractivity contribution in [3.05, 3.63) is 30.3 Å². The molecule has 1 aromatic carbocycles. The fourth-order valence-electron chi connectivity index (χ4n) is 2.76. The molecule has 1 heterocycles. The Morgan fingerprint density at radius 1 is 1.29 bits per heavy atom. The Balaban J connectivity index is 1.96. The van der Waals surface area contributed by atoms with Crippen LogP contribution in [0.4, 0.5) is 10.5 Å². The number of halogens is 1. The van der Waals surface area contributed by atoms with Crippen LogP contribution >= 0.6 is 11.6 Å². The number of alkyl halides is 1. The van der Waals surface area contributed by atoms with Crippen molar-refractivity contribution >= 4 is 33.3 Å². The van der Waals surface area contributed by atoms with Crippen molar-refractivity contribution in [3.8, 4) is 0 Å². The smallest absolute Gasteiger partial charge is 0.322 e. The van der Waals surface area contributed by atoms with Gasteiger partial charge in [-0.25, -0.2) is 17.5 Å². The highest BCUT2D eigenvalue weighted by Gasteiger charge is 2.27. The van der Waals surface area contributed by atoms with Gasteiger partial charge in [0, 0.05) is 37.2 Å². The Bertz CT molecular complexity index is 631. The molecule has 1 aliphatic rings. The number of anilines is 1. The number of para-hydroxylation sites is 1. The predicted octanol–water partition coefficient (Wildman–Crippen LogP) is 2.26. The van der Waals surface area contributed by atoms with Crippen molar-refractivity contribution in [2.75, 3.05) is 36.7 Å². The Hall–Kier alpha value is -1.31. The molecule has 8 heteroatoms. The third-order valence-electron chi connectivity index (χ3n) is 4.08. The van der Waals surface area contributed by atoms with Crippen molar-refractivity contribution in [2.45, 2.75) is 25.3 Å². The van der Waals surface area contributed by atoms with Crippen LogP contribution < -0.4 is 10.2 Å². The summed E-state index contributed by atoms with van der Waals surface area (Å²) in [5.74, 6) is 0.489. The molecule has 1 aromatic rings. The highest BCUT2D eigenvalue weighted by atomic mass is 35.5. The van der Waals surface area contributed by atoms with E-state index in [4.69, 9.17) is 11.6 Å². The van der Waals surface area contributed by atoms with Gasteiger partial charge >= 0.3 is 6.03 Å². The van der Waals surface area contributed by atoms with E-state index in [0.717, 1.165) is 5.69 Å². The molecular formula is C16H24ClN3O3S. The van der Waals surface area contributed by atoms with Crippen molar-refractivity contribution in [1.82, 2.24) is 9.62 Å². The number of piperidine rings is 1. The van der Waals surface area contributed by atoms with E-state index in [2.05, 4.69) is 5.32 Å². The second kappa shape index (κ2) is 8.69. The number of nitrogens with one attached hydrogen (secondary N) is 1. The van der Waals surface area contributed by atoms with Gasteiger partial charge in [-0.15, -0.1) is 11.6 Å². The SMILES string of the molecule is CS(=O)(=O)N1CCC(NC(=O)N(CCCCl)c2ccccc2)CC1. The lowest BCUT2D eigenvalue weighted by atomic mass is 10.1. The van der Waals surface area contributed by atoms with Gasteiger partial charge in [0.2, 0.25) is 10.0 Å². The number of urea groups is 1. The van der Waals surface area contributed by atoms with E-state index >= 15 is 0 Å². The van der Waals surface area contributed by atoms with Gasteiger partial charge in [-0.3, -0.25) is 4.90 Å². The molecule has 1 aliphatic heterocycles. The number of hydrogen-bond acceptors (Lipinski definition) is 3. The number of nitrogens with zero attached hydrogens (tertiary/aromatic N) is 2. The van der Waals surface area contributed by atoms with E-state index in [9.17, 15) is 13.2 Å². The summed E-state index contributed by atoms with van der Waals surface area (Å²) in [7, 11) is -3.15. The van der Waals surface area contributed by atoms with Crippen molar-refractivity contribution in [3.63, 3.8) is 0 Å². The van der Waals surface area contributed by atoms with Gasteiger partial charge in [0.25, 0.3) is 0 Å². The first-order chi connectivity index (χ1) is 11.4. The van der Waals surface area contributed by atoms with E-state index in [-0.39, 0.29) is 12.1 Å². The maximum absolute atomic E-state index is 12.6. The number of amides is 2. The normalized spacial score (nSPS) is 16.8. The highest BCUT2D eigenvalue weighted by molar-refractivity contribution is 7.88. The zero-order chi connectivity index (χ0) is 17.6. The molecule has 0 bridgehead atoms. The molecule has 0 spiro atoms. The van der Waals surface area contributed by atoms with Gasteiger partial charge in [0.05, 0.1) is 6.26 Å². The molecule has 0 radical (unpaired) electrons. The van der Waals surface area contributed by atoms with Gasteiger partial charge in [-0.1, -0.05) is 18.2 Å². The Morgan fingerprint density at radius 2 is 1.92 bits per heavy atom. The molecule has 24 heavy (non-hydrogen) atoms. The Kier molecular flexibility index (Phi) is 6.89. The summed E-state index contributed by atoms with van der Waals surface area (Å²) in [6, 6.07) is 9.28. The zero-order valence-electron chi connectivity index (χ0n) is 13.8. The molecule has 1 saturated heterocycles. The maximum Gasteiger partial charge on any atom is 0.322 e. The average molecular weight is 374 g/mol. The van der Waals surface area contributed by atoms with Crippen LogP contribution in [0.5, 0.6) is 0 Å². The first kappa shape index (κ1) is 19.0. The summed E-state index contributed by atoms with van der Waals surface area (Å²) in [4.78, 5) is 14.3. The minimum Gasteiger partial charge on any atom is -0.335 e. The van der Waals surface area contributed by atoms with Gasteiger partial charge in [-0.2, -0.15) is 0 Å². The molecule has 0 aromatic heterocycles. The van der Waals surface area contributed by atoms with Crippen LogP contribution in [0.1, 0.15) is 19.3 Å². The standard InChI is InChI=1S/C16H24ClN3O3S/c1-24(22,23)19-12-8-14(9-13-19)18-16(21)20(11-5-10-17)15-6-3-2-4-7-15/h2-4,6-7,14H,5,8-13H2,1H3,(H,18,21). The molecule has 0 saturated carbocycles. The minimum absolute atomic E-state index is 0.0160. The van der Waals surface area contributed by atoms with Crippen LogP contribution in [0.2, 0.25) is 0 Å². The van der Waals surface area contributed by atoms with Gasteiger partial charge < -0.3 is 5.32 Å². The van der Waals surface area contributed by atoms with E-state index in [0.29, 0.717) is 44.8 Å². The zero-order valence-corrected chi connectivity index (χ0v) is 15.4. The summed E-state index contributed by atoms with van der Waals surface area (Å²) in [5, 5.41) is 3.02. The summed E-state index contributed by atoms with van der Waals surface area (Å²) < 4.78 is 24.5. The molecule has 0 aliphatic carbocycles. The molecule has 2 rings (SSSR count). The second-order valence-electron chi connectivity index (χ2n) is 5.92. The number of rotatable bonds is 6. The average Bonchev–Trinajstić information content (AvgIpc) is 2.56. The predicted molar refractivity (Wildman–Crippen MR) is 97.1 cm³/mol. The first-order valence-corrected chi connectivity index (χ1v) is 10.4. The van der Waals surface area contributed by atoms with Gasteiger partial charge in [0.1, 0.15) is 0 Å². The van der Waals surface area contributed by atoms with Crippen LogP contribution in [0, 0.1) is 0 Å². The van der Waals surface area contributed by atoms with Crippen molar-refractivity contribution in [1.29, 1.82) is 0 Å². The molecule has 134 valence electrons. The Labute approximate surface area is 148 Å². The van der Waals surface area contributed by atoms with Crippen molar-refractivity contribution in [2.24, 2.45) is 0 Å². The molecule has 0 unspecified atom stereocenters. The summed E-state index contributed by atoms with van der Waals surface area (Å²) in [6.45, 7) is 1.43. The molecule has 6 nitrogen and oxygen atoms in total. The fraction of sp³-hybridized carbons (Fsp3) is 0.562. The molecular weight excluding hydrogens is 350 g/mol. The minimum atomic E-state index is -3.15. The summed E-state index contributed by atoms with van der Waals surface area (Å²) >= 11 is 5.77. The molecule has 2 amide bonds. The number of carbonyl (C=O) groups is 1. The van der Waals surface area contributed by atoms with E-state index < -0.39 is 10.0 Å². The topological polar surface area (TPSA) is 69.7 Å². The molecule has 0 atom stereocenters. The van der Waals surface area contributed by atoms with Gasteiger partial charge in [-0.05, 0) is 31.4 Å². The van der Waals surface area contributed by atoms with Crippen LogP contribution in [0.3, 0.4) is 0 Å². The van der Waals surface area contributed by atoms with E-state index in [1.54, 1.807) is 4.90 Å². The summed E-state index contributed by atoms with van der Waals surface area (Å²) in [6.07, 6.45) is 3.17. The number of sulfonamides is 1. The monoisotopic (exact) mass is 373 g/mol. The molecule has 1 fully saturated rings. The van der Waals surface area contributed by atoms with Crippen LogP contribution in [0.15, 0.2) is 30.3 Å². The summed E-state index contributed by atoms with van der Waals surface area (Å²) in [5.41, 5.74) is 0.827. The van der Waals surface area contributed by atoms with Crippen molar-refractivity contribution < 1.29 is 13.2 Å². The fourth-order valence-corrected chi connectivity index (χ4v) is 3.75. The molecule has 1 N–H and O–H groups in total.